The summed E-state index contributed by atoms with van der Waals surface area (Å²) < 4.78 is 0. The van der Waals surface area contributed by atoms with E-state index in [0.29, 0.717) is 23.2 Å². The van der Waals surface area contributed by atoms with Gasteiger partial charge in [0.15, 0.2) is 5.82 Å². The summed E-state index contributed by atoms with van der Waals surface area (Å²) in [4.78, 5) is 35.4. The standard InChI is InChI=1S/C25H27ClN6O/c26-20-5-1-4-19(17-20)24-27-12-7-21(30-24)22-6-2-13-32(22)23(33)16-18-8-14-31(15-9-18)25-28-10-3-11-29-25/h1,3-5,7,10-12,17-18,22H,2,6,8-9,13-16H2/t22-/m1/s1. The molecule has 0 aliphatic carbocycles. The number of aromatic nitrogens is 4. The number of halogens is 1. The number of likely N-dealkylation sites (tertiary alicyclic amines) is 1. The summed E-state index contributed by atoms with van der Waals surface area (Å²) in [6.45, 7) is 2.57. The summed E-state index contributed by atoms with van der Waals surface area (Å²) in [5.41, 5.74) is 1.79. The van der Waals surface area contributed by atoms with Gasteiger partial charge in [0.1, 0.15) is 0 Å². The van der Waals surface area contributed by atoms with Gasteiger partial charge in [0.2, 0.25) is 11.9 Å². The molecule has 8 heteroatoms. The maximum atomic E-state index is 13.3. The van der Waals surface area contributed by atoms with E-state index in [2.05, 4.69) is 19.9 Å². The Morgan fingerprint density at radius 2 is 1.79 bits per heavy atom. The van der Waals surface area contributed by atoms with Crippen molar-refractivity contribution in [3.05, 3.63) is 65.7 Å². The fourth-order valence-corrected chi connectivity index (χ4v) is 5.04. The van der Waals surface area contributed by atoms with Gasteiger partial charge >= 0.3 is 0 Å². The molecule has 1 amide bonds. The van der Waals surface area contributed by atoms with Crippen molar-refractivity contribution < 1.29 is 4.79 Å². The van der Waals surface area contributed by atoms with Crippen LogP contribution in [0.1, 0.15) is 43.8 Å². The molecule has 2 aliphatic rings. The number of hydrogen-bond donors (Lipinski definition) is 0. The molecule has 2 aliphatic heterocycles. The second-order valence-electron chi connectivity index (χ2n) is 8.74. The molecule has 0 unspecified atom stereocenters. The maximum absolute atomic E-state index is 13.3. The fraction of sp³-hybridized carbons (Fsp3) is 0.400. The Bertz CT molecular complexity index is 1100. The van der Waals surface area contributed by atoms with Gasteiger partial charge in [-0.25, -0.2) is 19.9 Å². The number of rotatable bonds is 5. The highest BCUT2D eigenvalue weighted by Gasteiger charge is 2.33. The normalized spacial score (nSPS) is 19.1. The average Bonchev–Trinajstić information content (AvgIpc) is 3.36. The van der Waals surface area contributed by atoms with Gasteiger partial charge in [-0.3, -0.25) is 4.79 Å². The zero-order valence-corrected chi connectivity index (χ0v) is 19.2. The van der Waals surface area contributed by atoms with Crippen LogP contribution in [0.15, 0.2) is 55.0 Å². The van der Waals surface area contributed by atoms with Crippen LogP contribution >= 0.6 is 11.6 Å². The van der Waals surface area contributed by atoms with Crippen molar-refractivity contribution in [1.29, 1.82) is 0 Å². The highest BCUT2D eigenvalue weighted by molar-refractivity contribution is 6.30. The molecule has 0 spiro atoms. The number of carbonyl (C=O) groups excluding carboxylic acids is 1. The summed E-state index contributed by atoms with van der Waals surface area (Å²) in [5, 5.41) is 0.657. The van der Waals surface area contributed by atoms with Gasteiger partial charge in [-0.2, -0.15) is 0 Å². The van der Waals surface area contributed by atoms with E-state index in [-0.39, 0.29) is 11.9 Å². The molecule has 1 aromatic carbocycles. The third kappa shape index (κ3) is 4.98. The Balaban J connectivity index is 1.23. The van der Waals surface area contributed by atoms with Gasteiger partial charge in [0.25, 0.3) is 0 Å². The van der Waals surface area contributed by atoms with Crippen molar-refractivity contribution in [2.75, 3.05) is 24.5 Å². The van der Waals surface area contributed by atoms with Crippen LogP contribution in [0.5, 0.6) is 0 Å². The van der Waals surface area contributed by atoms with Crippen LogP contribution in [0.4, 0.5) is 5.95 Å². The predicted octanol–water partition coefficient (Wildman–Crippen LogP) is 4.56. The van der Waals surface area contributed by atoms with E-state index in [1.165, 1.54) is 0 Å². The van der Waals surface area contributed by atoms with Crippen LogP contribution in [-0.4, -0.2) is 50.4 Å². The molecule has 0 saturated carbocycles. The SMILES string of the molecule is O=C(CC1CCN(c2ncccn2)CC1)N1CCC[C@@H]1c1ccnc(-c2cccc(Cl)c2)n1. The van der Waals surface area contributed by atoms with Crippen LogP contribution in [0.3, 0.4) is 0 Å². The van der Waals surface area contributed by atoms with Crippen LogP contribution in [-0.2, 0) is 4.79 Å². The molecule has 1 atom stereocenters. The lowest BCUT2D eigenvalue weighted by Crippen LogP contribution is -2.38. The number of amides is 1. The van der Waals surface area contributed by atoms with E-state index in [1.54, 1.807) is 18.6 Å². The number of anilines is 1. The Labute approximate surface area is 198 Å². The van der Waals surface area contributed by atoms with Crippen molar-refractivity contribution in [1.82, 2.24) is 24.8 Å². The van der Waals surface area contributed by atoms with Crippen molar-refractivity contribution in [2.45, 2.75) is 38.1 Å². The minimum Gasteiger partial charge on any atom is -0.341 e. The molecule has 0 radical (unpaired) electrons. The number of nitrogens with zero attached hydrogens (tertiary/aromatic N) is 6. The topological polar surface area (TPSA) is 75.1 Å². The Kier molecular flexibility index (Phi) is 6.48. The number of piperidine rings is 1. The lowest BCUT2D eigenvalue weighted by Gasteiger charge is -2.33. The van der Waals surface area contributed by atoms with Crippen molar-refractivity contribution in [3.8, 4) is 11.4 Å². The van der Waals surface area contributed by atoms with E-state index in [9.17, 15) is 4.79 Å². The zero-order chi connectivity index (χ0) is 22.6. The average molecular weight is 463 g/mol. The van der Waals surface area contributed by atoms with Gasteiger partial charge in [-0.15, -0.1) is 0 Å². The predicted molar refractivity (Wildman–Crippen MR) is 128 cm³/mol. The highest BCUT2D eigenvalue weighted by Crippen LogP contribution is 2.34. The Morgan fingerprint density at radius 3 is 2.58 bits per heavy atom. The van der Waals surface area contributed by atoms with E-state index in [0.717, 1.165) is 62.5 Å². The van der Waals surface area contributed by atoms with E-state index in [1.807, 2.05) is 41.3 Å². The molecule has 3 aromatic rings. The number of carbonyl (C=O) groups is 1. The molecule has 0 N–H and O–H groups in total. The third-order valence-electron chi connectivity index (χ3n) is 6.59. The second-order valence-corrected chi connectivity index (χ2v) is 9.18. The fourth-order valence-electron chi connectivity index (χ4n) is 4.85. The molecule has 2 fully saturated rings. The first-order valence-corrected chi connectivity index (χ1v) is 12.0. The van der Waals surface area contributed by atoms with Crippen molar-refractivity contribution >= 4 is 23.5 Å². The lowest BCUT2D eigenvalue weighted by molar-refractivity contribution is -0.133. The summed E-state index contributed by atoms with van der Waals surface area (Å²) in [7, 11) is 0. The van der Waals surface area contributed by atoms with E-state index >= 15 is 0 Å². The number of hydrogen-bond acceptors (Lipinski definition) is 6. The lowest BCUT2D eigenvalue weighted by atomic mass is 9.93. The van der Waals surface area contributed by atoms with Crippen LogP contribution in [0, 0.1) is 5.92 Å². The van der Waals surface area contributed by atoms with Crippen molar-refractivity contribution in [3.63, 3.8) is 0 Å². The van der Waals surface area contributed by atoms with Crippen LogP contribution in [0.2, 0.25) is 5.02 Å². The molecular weight excluding hydrogens is 436 g/mol. The molecular formula is C25H27ClN6O. The number of benzene rings is 1. The Morgan fingerprint density at radius 1 is 0.970 bits per heavy atom. The second kappa shape index (κ2) is 9.83. The van der Waals surface area contributed by atoms with Crippen LogP contribution < -0.4 is 4.90 Å². The summed E-state index contributed by atoms with van der Waals surface area (Å²) in [6.07, 6.45) is 9.81. The molecule has 2 aromatic heterocycles. The zero-order valence-electron chi connectivity index (χ0n) is 18.5. The molecule has 0 bridgehead atoms. The third-order valence-corrected chi connectivity index (χ3v) is 6.82. The van der Waals surface area contributed by atoms with Crippen LogP contribution in [0.25, 0.3) is 11.4 Å². The van der Waals surface area contributed by atoms with Gasteiger partial charge in [0.05, 0.1) is 11.7 Å². The first-order valence-electron chi connectivity index (χ1n) is 11.6. The molecule has 33 heavy (non-hydrogen) atoms. The highest BCUT2D eigenvalue weighted by atomic mass is 35.5. The summed E-state index contributed by atoms with van der Waals surface area (Å²) >= 11 is 6.14. The maximum Gasteiger partial charge on any atom is 0.225 e. The van der Waals surface area contributed by atoms with Crippen molar-refractivity contribution in [2.24, 2.45) is 5.92 Å². The van der Waals surface area contributed by atoms with Gasteiger partial charge in [-0.05, 0) is 55.9 Å². The van der Waals surface area contributed by atoms with E-state index < -0.39 is 0 Å². The van der Waals surface area contributed by atoms with Gasteiger partial charge in [-0.1, -0.05) is 23.7 Å². The quantitative estimate of drug-likeness (QED) is 0.553. The smallest absolute Gasteiger partial charge is 0.225 e. The first-order chi connectivity index (χ1) is 16.2. The van der Waals surface area contributed by atoms with Gasteiger partial charge < -0.3 is 9.80 Å². The molecule has 2 saturated heterocycles. The molecule has 5 rings (SSSR count). The minimum absolute atomic E-state index is 0.0104. The summed E-state index contributed by atoms with van der Waals surface area (Å²) in [6, 6.07) is 11.3. The molecule has 170 valence electrons. The minimum atomic E-state index is 0.0104. The van der Waals surface area contributed by atoms with E-state index in [4.69, 9.17) is 16.6 Å². The van der Waals surface area contributed by atoms with Gasteiger partial charge in [0, 0.05) is 55.2 Å². The molecule has 4 heterocycles. The molecule has 7 nitrogen and oxygen atoms in total. The monoisotopic (exact) mass is 462 g/mol. The first kappa shape index (κ1) is 21.8. The Hall–Kier alpha value is -3.06. The largest absolute Gasteiger partial charge is 0.341 e. The summed E-state index contributed by atoms with van der Waals surface area (Å²) in [5.74, 6) is 2.05.